The van der Waals surface area contributed by atoms with Crippen LogP contribution >= 0.6 is 11.8 Å². The first-order valence-corrected chi connectivity index (χ1v) is 9.57. The summed E-state index contributed by atoms with van der Waals surface area (Å²) in [6.07, 6.45) is 6.78. The van der Waals surface area contributed by atoms with Crippen molar-refractivity contribution in [1.29, 1.82) is 0 Å². The Morgan fingerprint density at radius 2 is 1.77 bits per heavy atom. The maximum atomic E-state index is 5.62. The predicted octanol–water partition coefficient (Wildman–Crippen LogP) is 6.62. The van der Waals surface area contributed by atoms with Crippen molar-refractivity contribution in [2.75, 3.05) is 19.5 Å². The summed E-state index contributed by atoms with van der Waals surface area (Å²) in [4.78, 5) is 1.35. The Bertz CT molecular complexity index is 336. The van der Waals surface area contributed by atoms with E-state index in [9.17, 15) is 0 Å². The van der Waals surface area contributed by atoms with Crippen LogP contribution in [0.5, 0.6) is 0 Å². The topological polar surface area (TPSA) is 9.23 Å². The average Bonchev–Trinajstić information content (AvgIpc) is 2.53. The molecule has 22 heavy (non-hydrogen) atoms. The molecule has 0 saturated heterocycles. The van der Waals surface area contributed by atoms with E-state index in [0.29, 0.717) is 0 Å². The van der Waals surface area contributed by atoms with Gasteiger partial charge in [-0.1, -0.05) is 46.2 Å². The van der Waals surface area contributed by atoms with Crippen LogP contribution in [0.2, 0.25) is 0 Å². The van der Waals surface area contributed by atoms with Gasteiger partial charge in [-0.15, -0.1) is 24.9 Å². The van der Waals surface area contributed by atoms with E-state index in [4.69, 9.17) is 4.74 Å². The van der Waals surface area contributed by atoms with E-state index in [-0.39, 0.29) is 0 Å². The van der Waals surface area contributed by atoms with Crippen LogP contribution in [0.1, 0.15) is 52.5 Å². The van der Waals surface area contributed by atoms with Crippen molar-refractivity contribution in [1.82, 2.24) is 0 Å². The van der Waals surface area contributed by atoms with Crippen LogP contribution < -0.4 is 0 Å². The van der Waals surface area contributed by atoms with Gasteiger partial charge in [0.1, 0.15) is 0 Å². The fourth-order valence-electron chi connectivity index (χ4n) is 1.63. The van der Waals surface area contributed by atoms with Crippen molar-refractivity contribution in [3.8, 4) is 0 Å². The van der Waals surface area contributed by atoms with Gasteiger partial charge in [0.05, 0.1) is 0 Å². The molecule has 0 spiro atoms. The van der Waals surface area contributed by atoms with Crippen molar-refractivity contribution in [2.24, 2.45) is 5.92 Å². The monoisotopic (exact) mass is 324 g/mol. The van der Waals surface area contributed by atoms with Gasteiger partial charge in [-0.25, -0.2) is 0 Å². The molecule has 0 unspecified atom stereocenters. The maximum Gasteiger partial charge on any atom is 0.0469 e. The fraction of sp³-hybridized carbons (Fsp3) is 0.600. The Labute approximate surface area is 143 Å². The number of ether oxygens (including phenoxy) is 1. The van der Waals surface area contributed by atoms with Gasteiger partial charge in [0.15, 0.2) is 0 Å². The zero-order valence-electron chi connectivity index (χ0n) is 15.4. The zero-order chi connectivity index (χ0) is 17.2. The van der Waals surface area contributed by atoms with Crippen LogP contribution in [0.3, 0.4) is 0 Å². The molecule has 0 saturated carbocycles. The normalized spacial score (nSPS) is 9.55. The molecule has 0 heterocycles. The quantitative estimate of drug-likeness (QED) is 0.302. The van der Waals surface area contributed by atoms with Crippen molar-refractivity contribution in [3.05, 3.63) is 43.0 Å². The second-order valence-corrected chi connectivity index (χ2v) is 6.34. The Hall–Kier alpha value is -0.730. The van der Waals surface area contributed by atoms with Crippen molar-refractivity contribution >= 4 is 11.8 Å². The van der Waals surface area contributed by atoms with Gasteiger partial charge in [-0.2, -0.15) is 0 Å². The maximum absolute atomic E-state index is 5.62. The smallest absolute Gasteiger partial charge is 0.0469 e. The van der Waals surface area contributed by atoms with E-state index in [0.717, 1.165) is 32.0 Å². The summed E-state index contributed by atoms with van der Waals surface area (Å²) in [6, 6.07) is 8.78. The third-order valence-corrected chi connectivity index (χ3v) is 3.45. The molecule has 0 aliphatic heterocycles. The molecule has 2 heteroatoms. The highest BCUT2D eigenvalue weighted by Gasteiger charge is 1.97. The molecular formula is C20H36OS. The third-order valence-electron chi connectivity index (χ3n) is 2.73. The lowest BCUT2D eigenvalue weighted by atomic mass is 10.1. The Morgan fingerprint density at radius 1 is 1.14 bits per heavy atom. The fourth-order valence-corrected chi connectivity index (χ4v) is 2.11. The molecule has 1 nitrogen and oxygen atoms in total. The summed E-state index contributed by atoms with van der Waals surface area (Å²) in [5, 5.41) is 0. The van der Waals surface area contributed by atoms with E-state index >= 15 is 0 Å². The highest BCUT2D eigenvalue weighted by Crippen LogP contribution is 2.16. The minimum atomic E-state index is 0.744. The van der Waals surface area contributed by atoms with Gasteiger partial charge in [-0.05, 0) is 49.1 Å². The molecule has 0 aliphatic rings. The van der Waals surface area contributed by atoms with Crippen LogP contribution in [-0.2, 0) is 11.2 Å². The molecule has 0 N–H and O–H groups in total. The molecule has 128 valence electrons. The Balaban J connectivity index is 0. The molecule has 1 aromatic carbocycles. The van der Waals surface area contributed by atoms with E-state index in [1.54, 1.807) is 11.8 Å². The number of hydrogen-bond acceptors (Lipinski definition) is 2. The first kappa shape index (κ1) is 23.5. The number of rotatable bonds is 8. The molecule has 1 rings (SSSR count). The highest BCUT2D eigenvalue weighted by molar-refractivity contribution is 7.98. The Kier molecular flexibility index (Phi) is 19.6. The standard InChI is InChI=1S/C15H24OS.C3H8.C2H4/c1-13(2)9-11-16-10-5-7-14-6-4-8-15(12-14)17-3;1-3-2;1-2/h4,6,8,12-13H,5,7,9-11H2,1-3H3;3H2,1-2H3;1-2H2. The molecule has 0 aromatic heterocycles. The largest absolute Gasteiger partial charge is 0.381 e. The van der Waals surface area contributed by atoms with Crippen LogP contribution in [0, 0.1) is 5.92 Å². The first-order valence-electron chi connectivity index (χ1n) is 8.34. The summed E-state index contributed by atoms with van der Waals surface area (Å²) in [7, 11) is 0. The van der Waals surface area contributed by atoms with Crippen molar-refractivity contribution < 1.29 is 4.74 Å². The third kappa shape index (κ3) is 15.7. The zero-order valence-corrected chi connectivity index (χ0v) is 16.2. The van der Waals surface area contributed by atoms with Gasteiger partial charge in [-0.3, -0.25) is 0 Å². The number of aryl methyl sites for hydroxylation is 1. The van der Waals surface area contributed by atoms with Crippen LogP contribution in [-0.4, -0.2) is 19.5 Å². The molecule has 0 aliphatic carbocycles. The molecule has 0 radical (unpaired) electrons. The van der Waals surface area contributed by atoms with Crippen LogP contribution in [0.4, 0.5) is 0 Å². The minimum absolute atomic E-state index is 0.744. The van der Waals surface area contributed by atoms with E-state index in [1.807, 2.05) is 0 Å². The summed E-state index contributed by atoms with van der Waals surface area (Å²) < 4.78 is 5.62. The van der Waals surface area contributed by atoms with Gasteiger partial charge in [0.2, 0.25) is 0 Å². The summed E-state index contributed by atoms with van der Waals surface area (Å²) in [5.74, 6) is 0.744. The lowest BCUT2D eigenvalue weighted by molar-refractivity contribution is 0.121. The second kappa shape index (κ2) is 18.3. The molecule has 0 fully saturated rings. The van der Waals surface area contributed by atoms with Gasteiger partial charge >= 0.3 is 0 Å². The lowest BCUT2D eigenvalue weighted by Gasteiger charge is -2.07. The Morgan fingerprint density at radius 3 is 2.32 bits per heavy atom. The summed E-state index contributed by atoms with van der Waals surface area (Å²) >= 11 is 1.80. The molecular weight excluding hydrogens is 288 g/mol. The average molecular weight is 325 g/mol. The second-order valence-electron chi connectivity index (χ2n) is 5.46. The first-order chi connectivity index (χ1) is 10.6. The number of thioether (sulfide) groups is 1. The van der Waals surface area contributed by atoms with Crippen LogP contribution in [0.25, 0.3) is 0 Å². The molecule has 0 bridgehead atoms. The molecule has 0 amide bonds. The van der Waals surface area contributed by atoms with Crippen molar-refractivity contribution in [3.63, 3.8) is 0 Å². The predicted molar refractivity (Wildman–Crippen MR) is 104 cm³/mol. The van der Waals surface area contributed by atoms with Crippen LogP contribution in [0.15, 0.2) is 42.3 Å². The SMILES string of the molecule is C=C.CCC.CSc1cccc(CCCOCCC(C)C)c1. The number of hydrogen-bond donors (Lipinski definition) is 0. The van der Waals surface area contributed by atoms with Gasteiger partial charge in [0, 0.05) is 18.1 Å². The van der Waals surface area contributed by atoms with E-state index in [2.05, 4.69) is 71.4 Å². The highest BCUT2D eigenvalue weighted by atomic mass is 32.2. The summed E-state index contributed by atoms with van der Waals surface area (Å²) in [6.45, 7) is 16.5. The number of benzene rings is 1. The lowest BCUT2D eigenvalue weighted by Crippen LogP contribution is -2.01. The van der Waals surface area contributed by atoms with Crippen molar-refractivity contribution in [2.45, 2.75) is 58.3 Å². The van der Waals surface area contributed by atoms with Gasteiger partial charge < -0.3 is 4.74 Å². The molecule has 1 aromatic rings. The van der Waals surface area contributed by atoms with Gasteiger partial charge in [0.25, 0.3) is 0 Å². The minimum Gasteiger partial charge on any atom is -0.381 e. The van der Waals surface area contributed by atoms with E-state index in [1.165, 1.54) is 23.3 Å². The van der Waals surface area contributed by atoms with E-state index < -0.39 is 0 Å². The summed E-state index contributed by atoms with van der Waals surface area (Å²) in [5.41, 5.74) is 1.42. The molecule has 0 atom stereocenters.